The van der Waals surface area contributed by atoms with Crippen LogP contribution in [0.2, 0.25) is 0 Å². The van der Waals surface area contributed by atoms with Crippen LogP contribution in [0, 0.1) is 0 Å². The summed E-state index contributed by atoms with van der Waals surface area (Å²) in [6, 6.07) is 0. The highest BCUT2D eigenvalue weighted by atomic mass is 32.2. The molecule has 0 radical (unpaired) electrons. The van der Waals surface area contributed by atoms with E-state index in [-0.39, 0.29) is 11.0 Å². The molecule has 0 atom stereocenters. The van der Waals surface area contributed by atoms with Gasteiger partial charge in [-0.25, -0.2) is 0 Å². The number of rotatable bonds is 5. The summed E-state index contributed by atoms with van der Waals surface area (Å²) in [5, 5.41) is 2.67. The lowest BCUT2D eigenvalue weighted by atomic mass is 10.4. The monoisotopic (exact) mass is 201 g/mol. The predicted octanol–water partition coefficient (Wildman–Crippen LogP) is 1.35. The highest BCUT2D eigenvalue weighted by molar-refractivity contribution is 8.14. The van der Waals surface area contributed by atoms with Crippen molar-refractivity contribution in [3.05, 3.63) is 12.2 Å². The molecule has 0 rings (SSSR count). The van der Waals surface area contributed by atoms with E-state index in [4.69, 9.17) is 0 Å². The molecule has 13 heavy (non-hydrogen) atoms. The molecule has 3 nitrogen and oxygen atoms in total. The van der Waals surface area contributed by atoms with Crippen molar-refractivity contribution in [2.24, 2.45) is 0 Å². The Labute approximate surface area is 83.0 Å². The maximum absolute atomic E-state index is 11.0. The number of nitrogens with one attached hydrogen (secondary N) is 1. The van der Waals surface area contributed by atoms with Gasteiger partial charge in [-0.15, -0.1) is 0 Å². The molecule has 0 aromatic rings. The molecule has 0 aliphatic carbocycles. The summed E-state index contributed by atoms with van der Waals surface area (Å²) in [7, 11) is 0. The van der Waals surface area contributed by atoms with Gasteiger partial charge in [-0.2, -0.15) is 0 Å². The minimum absolute atomic E-state index is 0.0483. The highest BCUT2D eigenvalue weighted by Crippen LogP contribution is 2.01. The van der Waals surface area contributed by atoms with E-state index in [2.05, 4.69) is 5.32 Å². The molecule has 74 valence electrons. The number of amides is 1. The van der Waals surface area contributed by atoms with E-state index in [9.17, 15) is 9.59 Å². The zero-order chi connectivity index (χ0) is 10.1. The fourth-order valence-electron chi connectivity index (χ4n) is 0.641. The Bertz CT molecular complexity index is 202. The van der Waals surface area contributed by atoms with Crippen molar-refractivity contribution in [1.82, 2.24) is 5.32 Å². The quantitative estimate of drug-likeness (QED) is 0.539. The molecule has 0 aromatic heterocycles. The first-order valence-corrected chi connectivity index (χ1v) is 5.23. The van der Waals surface area contributed by atoms with Crippen molar-refractivity contribution in [3.8, 4) is 0 Å². The Morgan fingerprint density at radius 2 is 2.15 bits per heavy atom. The topological polar surface area (TPSA) is 46.2 Å². The SMILES string of the molecule is CCC=CC(=O)SCCNC(C)=O. The molecular formula is C9H15NO2S. The van der Waals surface area contributed by atoms with Crippen LogP contribution < -0.4 is 5.32 Å². The molecule has 1 N–H and O–H groups in total. The van der Waals surface area contributed by atoms with E-state index in [0.717, 1.165) is 6.42 Å². The summed E-state index contributed by atoms with van der Waals surface area (Å²) < 4.78 is 0. The molecule has 0 spiro atoms. The summed E-state index contributed by atoms with van der Waals surface area (Å²) in [4.78, 5) is 21.5. The third-order valence-corrected chi connectivity index (χ3v) is 2.04. The van der Waals surface area contributed by atoms with Crippen molar-refractivity contribution < 1.29 is 9.59 Å². The first kappa shape index (κ1) is 12.2. The molecule has 0 bridgehead atoms. The van der Waals surface area contributed by atoms with Gasteiger partial charge in [-0.1, -0.05) is 24.8 Å². The number of allylic oxidation sites excluding steroid dienone is 1. The van der Waals surface area contributed by atoms with Gasteiger partial charge >= 0.3 is 0 Å². The molecule has 0 fully saturated rings. The summed E-state index contributed by atoms with van der Waals surface area (Å²) in [6.45, 7) is 3.99. The number of hydrogen-bond donors (Lipinski definition) is 1. The summed E-state index contributed by atoms with van der Waals surface area (Å²) in [5.74, 6) is 0.573. The Kier molecular flexibility index (Phi) is 7.39. The fourth-order valence-corrected chi connectivity index (χ4v) is 1.24. The maximum Gasteiger partial charge on any atom is 0.216 e. The number of carbonyl (C=O) groups is 2. The van der Waals surface area contributed by atoms with E-state index >= 15 is 0 Å². The first-order chi connectivity index (χ1) is 6.16. The van der Waals surface area contributed by atoms with Gasteiger partial charge in [0.2, 0.25) is 11.0 Å². The fraction of sp³-hybridized carbons (Fsp3) is 0.556. The van der Waals surface area contributed by atoms with Gasteiger partial charge in [0.15, 0.2) is 0 Å². The van der Waals surface area contributed by atoms with Crippen molar-refractivity contribution in [3.63, 3.8) is 0 Å². The van der Waals surface area contributed by atoms with Crippen LogP contribution >= 0.6 is 11.8 Å². The van der Waals surface area contributed by atoms with Gasteiger partial charge in [0, 0.05) is 19.2 Å². The van der Waals surface area contributed by atoms with E-state index in [1.165, 1.54) is 18.7 Å². The lowest BCUT2D eigenvalue weighted by Gasteiger charge is -1.98. The largest absolute Gasteiger partial charge is 0.356 e. The minimum atomic E-state index is -0.0582. The summed E-state index contributed by atoms with van der Waals surface area (Å²) in [5.41, 5.74) is 0. The second kappa shape index (κ2) is 7.86. The first-order valence-electron chi connectivity index (χ1n) is 4.24. The van der Waals surface area contributed by atoms with Gasteiger partial charge in [0.25, 0.3) is 0 Å². The van der Waals surface area contributed by atoms with E-state index in [1.54, 1.807) is 6.08 Å². The molecule has 0 aliphatic heterocycles. The lowest BCUT2D eigenvalue weighted by Crippen LogP contribution is -2.22. The van der Waals surface area contributed by atoms with Gasteiger partial charge in [0.1, 0.15) is 0 Å². The lowest BCUT2D eigenvalue weighted by molar-refractivity contribution is -0.118. The second-order valence-electron chi connectivity index (χ2n) is 2.46. The molecule has 0 aliphatic rings. The van der Waals surface area contributed by atoms with Crippen LogP contribution in [0.5, 0.6) is 0 Å². The summed E-state index contributed by atoms with van der Waals surface area (Å²) >= 11 is 1.22. The Hall–Kier alpha value is -0.770. The zero-order valence-corrected chi connectivity index (χ0v) is 8.82. The van der Waals surface area contributed by atoms with E-state index < -0.39 is 0 Å². The smallest absolute Gasteiger partial charge is 0.216 e. The molecule has 0 saturated carbocycles. The van der Waals surface area contributed by atoms with Crippen molar-refractivity contribution in [2.45, 2.75) is 20.3 Å². The van der Waals surface area contributed by atoms with Gasteiger partial charge < -0.3 is 5.32 Å². The molecule has 0 aromatic carbocycles. The van der Waals surface area contributed by atoms with Crippen LogP contribution in [-0.4, -0.2) is 23.3 Å². The Morgan fingerprint density at radius 3 is 2.69 bits per heavy atom. The van der Waals surface area contributed by atoms with Gasteiger partial charge in [-0.3, -0.25) is 9.59 Å². The average Bonchev–Trinajstić information content (AvgIpc) is 2.08. The molecule has 0 saturated heterocycles. The predicted molar refractivity (Wildman–Crippen MR) is 55.6 cm³/mol. The van der Waals surface area contributed by atoms with Crippen LogP contribution in [0.1, 0.15) is 20.3 Å². The molecule has 0 heterocycles. The number of thioether (sulfide) groups is 1. The maximum atomic E-state index is 11.0. The minimum Gasteiger partial charge on any atom is -0.356 e. The Balaban J connectivity index is 3.37. The number of carbonyl (C=O) groups excluding carboxylic acids is 2. The zero-order valence-electron chi connectivity index (χ0n) is 8.00. The molecule has 0 unspecified atom stereocenters. The van der Waals surface area contributed by atoms with E-state index in [0.29, 0.717) is 12.3 Å². The second-order valence-corrected chi connectivity index (χ2v) is 3.56. The standard InChI is InChI=1S/C9H15NO2S/c1-3-4-5-9(12)13-7-6-10-8(2)11/h4-5H,3,6-7H2,1-2H3,(H,10,11). The van der Waals surface area contributed by atoms with Crippen LogP contribution in [0.4, 0.5) is 0 Å². The van der Waals surface area contributed by atoms with Crippen LogP contribution in [0.15, 0.2) is 12.2 Å². The average molecular weight is 201 g/mol. The van der Waals surface area contributed by atoms with E-state index in [1.807, 2.05) is 13.0 Å². The van der Waals surface area contributed by atoms with Crippen molar-refractivity contribution in [2.75, 3.05) is 12.3 Å². The third-order valence-electron chi connectivity index (χ3n) is 1.21. The molecule has 4 heteroatoms. The van der Waals surface area contributed by atoms with Crippen LogP contribution in [-0.2, 0) is 9.59 Å². The summed E-state index contributed by atoms with van der Waals surface area (Å²) in [6.07, 6.45) is 4.27. The van der Waals surface area contributed by atoms with Crippen LogP contribution in [0.25, 0.3) is 0 Å². The van der Waals surface area contributed by atoms with Crippen molar-refractivity contribution >= 4 is 22.8 Å². The number of hydrogen-bond acceptors (Lipinski definition) is 3. The van der Waals surface area contributed by atoms with Gasteiger partial charge in [-0.05, 0) is 12.5 Å². The Morgan fingerprint density at radius 1 is 1.46 bits per heavy atom. The molecular weight excluding hydrogens is 186 g/mol. The third kappa shape index (κ3) is 9.14. The molecule has 1 amide bonds. The normalized spacial score (nSPS) is 10.3. The van der Waals surface area contributed by atoms with Crippen molar-refractivity contribution in [1.29, 1.82) is 0 Å². The highest BCUT2D eigenvalue weighted by Gasteiger charge is 1.96. The van der Waals surface area contributed by atoms with Gasteiger partial charge in [0.05, 0.1) is 0 Å². The van der Waals surface area contributed by atoms with Crippen LogP contribution in [0.3, 0.4) is 0 Å².